The number of hydrogen-bond acceptors (Lipinski definition) is 2. The molecule has 0 saturated carbocycles. The van der Waals surface area contributed by atoms with Gasteiger partial charge in [0.2, 0.25) is 0 Å². The second-order valence-corrected chi connectivity index (χ2v) is 4.32. The smallest absolute Gasteiger partial charge is 0.124 e. The van der Waals surface area contributed by atoms with E-state index in [4.69, 9.17) is 4.74 Å². The molecule has 1 aliphatic rings. The summed E-state index contributed by atoms with van der Waals surface area (Å²) in [5.41, 5.74) is 5.15. The van der Waals surface area contributed by atoms with Crippen molar-refractivity contribution in [1.29, 1.82) is 0 Å². The number of ether oxygens (including phenoxy) is 1. The maximum atomic E-state index is 5.45. The van der Waals surface area contributed by atoms with E-state index in [0.717, 1.165) is 12.2 Å². The Morgan fingerprint density at radius 1 is 1.00 bits per heavy atom. The van der Waals surface area contributed by atoms with Gasteiger partial charge in [0, 0.05) is 30.4 Å². The van der Waals surface area contributed by atoms with Crippen LogP contribution in [0.3, 0.4) is 0 Å². The molecule has 3 heteroatoms. The SMILES string of the molecule is Br.COc1cccc2c1Cc1ccccc1N2C. The molecule has 0 atom stereocenters. The maximum Gasteiger partial charge on any atom is 0.124 e. The van der Waals surface area contributed by atoms with Crippen molar-refractivity contribution < 1.29 is 4.74 Å². The summed E-state index contributed by atoms with van der Waals surface area (Å²) < 4.78 is 5.45. The fourth-order valence-electron chi connectivity index (χ4n) is 2.54. The Labute approximate surface area is 118 Å². The van der Waals surface area contributed by atoms with E-state index in [1.807, 2.05) is 12.1 Å². The van der Waals surface area contributed by atoms with Gasteiger partial charge in [0.1, 0.15) is 5.75 Å². The van der Waals surface area contributed by atoms with E-state index in [9.17, 15) is 0 Å². The highest BCUT2D eigenvalue weighted by Gasteiger charge is 2.21. The molecule has 0 aliphatic carbocycles. The first kappa shape index (κ1) is 13.0. The Morgan fingerprint density at radius 3 is 2.50 bits per heavy atom. The zero-order valence-corrected chi connectivity index (χ0v) is 12.2. The Hall–Kier alpha value is -1.48. The van der Waals surface area contributed by atoms with Crippen molar-refractivity contribution >= 4 is 28.4 Å². The van der Waals surface area contributed by atoms with E-state index in [0.29, 0.717) is 0 Å². The molecule has 0 amide bonds. The lowest BCUT2D eigenvalue weighted by molar-refractivity contribution is 0.410. The molecule has 1 heterocycles. The standard InChI is InChI=1S/C15H15NO.BrH/c1-16-13-7-4-3-6-11(13)10-12-14(16)8-5-9-15(12)17-2;/h3-9H,10H2,1-2H3;1H. The van der Waals surface area contributed by atoms with Gasteiger partial charge in [-0.2, -0.15) is 0 Å². The highest BCUT2D eigenvalue weighted by Crippen LogP contribution is 2.40. The number of anilines is 2. The van der Waals surface area contributed by atoms with E-state index in [1.165, 1.54) is 22.5 Å². The third-order valence-corrected chi connectivity index (χ3v) is 3.41. The molecule has 2 nitrogen and oxygen atoms in total. The van der Waals surface area contributed by atoms with Crippen LogP contribution in [0.1, 0.15) is 11.1 Å². The van der Waals surface area contributed by atoms with E-state index in [1.54, 1.807) is 7.11 Å². The molecule has 1 aliphatic heterocycles. The molecule has 94 valence electrons. The second-order valence-electron chi connectivity index (χ2n) is 4.32. The summed E-state index contributed by atoms with van der Waals surface area (Å²) in [6, 6.07) is 14.7. The molecule has 0 radical (unpaired) electrons. The molecule has 0 aromatic heterocycles. The van der Waals surface area contributed by atoms with Crippen molar-refractivity contribution in [1.82, 2.24) is 0 Å². The molecule has 2 aromatic carbocycles. The number of benzene rings is 2. The quantitative estimate of drug-likeness (QED) is 0.791. The molecule has 0 spiro atoms. The van der Waals surface area contributed by atoms with Gasteiger partial charge in [0.05, 0.1) is 7.11 Å². The molecule has 18 heavy (non-hydrogen) atoms. The lowest BCUT2D eigenvalue weighted by atomic mass is 9.95. The van der Waals surface area contributed by atoms with Gasteiger partial charge in [0.15, 0.2) is 0 Å². The summed E-state index contributed by atoms with van der Waals surface area (Å²) in [5, 5.41) is 0. The minimum atomic E-state index is 0. The highest BCUT2D eigenvalue weighted by atomic mass is 79.9. The van der Waals surface area contributed by atoms with Crippen molar-refractivity contribution in [2.75, 3.05) is 19.1 Å². The molecule has 0 N–H and O–H groups in total. The number of rotatable bonds is 1. The van der Waals surface area contributed by atoms with Gasteiger partial charge in [-0.15, -0.1) is 17.0 Å². The number of para-hydroxylation sites is 1. The van der Waals surface area contributed by atoms with Crippen LogP contribution in [-0.4, -0.2) is 14.2 Å². The van der Waals surface area contributed by atoms with Crippen LogP contribution >= 0.6 is 17.0 Å². The van der Waals surface area contributed by atoms with Crippen molar-refractivity contribution in [3.8, 4) is 5.75 Å². The first-order valence-corrected chi connectivity index (χ1v) is 5.79. The summed E-state index contributed by atoms with van der Waals surface area (Å²) in [4.78, 5) is 2.23. The molecule has 0 fully saturated rings. The minimum absolute atomic E-state index is 0. The van der Waals surface area contributed by atoms with Crippen LogP contribution in [0.5, 0.6) is 5.75 Å². The van der Waals surface area contributed by atoms with Crippen molar-refractivity contribution in [2.24, 2.45) is 0 Å². The van der Waals surface area contributed by atoms with Crippen LogP contribution in [0.2, 0.25) is 0 Å². The summed E-state index contributed by atoms with van der Waals surface area (Å²) in [7, 11) is 3.84. The molecule has 0 unspecified atom stereocenters. The first-order valence-electron chi connectivity index (χ1n) is 5.79. The number of fused-ring (bicyclic) bond motifs is 2. The summed E-state index contributed by atoms with van der Waals surface area (Å²) >= 11 is 0. The molecule has 0 saturated heterocycles. The monoisotopic (exact) mass is 305 g/mol. The van der Waals surface area contributed by atoms with Crippen molar-refractivity contribution in [3.63, 3.8) is 0 Å². The zero-order chi connectivity index (χ0) is 11.8. The van der Waals surface area contributed by atoms with E-state index < -0.39 is 0 Å². The van der Waals surface area contributed by atoms with Gasteiger partial charge >= 0.3 is 0 Å². The Kier molecular flexibility index (Phi) is 3.62. The molecule has 0 bridgehead atoms. The van der Waals surface area contributed by atoms with Crippen LogP contribution in [0, 0.1) is 0 Å². The van der Waals surface area contributed by atoms with E-state index in [2.05, 4.69) is 42.3 Å². The summed E-state index contributed by atoms with van der Waals surface area (Å²) in [6.45, 7) is 0. The van der Waals surface area contributed by atoms with Crippen LogP contribution < -0.4 is 9.64 Å². The predicted molar refractivity (Wildman–Crippen MR) is 80.6 cm³/mol. The number of halogens is 1. The average molecular weight is 306 g/mol. The van der Waals surface area contributed by atoms with Gasteiger partial charge in [-0.05, 0) is 23.8 Å². The van der Waals surface area contributed by atoms with Crippen molar-refractivity contribution in [3.05, 3.63) is 53.6 Å². The first-order chi connectivity index (χ1) is 8.31. The van der Waals surface area contributed by atoms with Crippen LogP contribution in [0.25, 0.3) is 0 Å². The Morgan fingerprint density at radius 2 is 1.72 bits per heavy atom. The van der Waals surface area contributed by atoms with Crippen LogP contribution in [-0.2, 0) is 6.42 Å². The lowest BCUT2D eigenvalue weighted by Crippen LogP contribution is -2.18. The Balaban J connectivity index is 0.00000120. The van der Waals surface area contributed by atoms with E-state index >= 15 is 0 Å². The normalized spacial score (nSPS) is 12.2. The minimum Gasteiger partial charge on any atom is -0.496 e. The second kappa shape index (κ2) is 5.02. The maximum absolute atomic E-state index is 5.45. The number of hydrogen-bond donors (Lipinski definition) is 0. The topological polar surface area (TPSA) is 12.5 Å². The van der Waals surface area contributed by atoms with Crippen LogP contribution in [0.4, 0.5) is 11.4 Å². The third-order valence-electron chi connectivity index (χ3n) is 3.41. The number of methoxy groups -OCH3 is 1. The summed E-state index contributed by atoms with van der Waals surface area (Å²) in [6.07, 6.45) is 0.944. The molecular formula is C15H16BrNO. The van der Waals surface area contributed by atoms with Gasteiger partial charge in [-0.3, -0.25) is 0 Å². The largest absolute Gasteiger partial charge is 0.496 e. The summed E-state index contributed by atoms with van der Waals surface area (Å²) in [5.74, 6) is 0.976. The van der Waals surface area contributed by atoms with E-state index in [-0.39, 0.29) is 17.0 Å². The molecule has 3 rings (SSSR count). The third kappa shape index (κ3) is 1.89. The Bertz CT molecular complexity index is 568. The predicted octanol–water partition coefficient (Wildman–Crippen LogP) is 3.95. The van der Waals surface area contributed by atoms with Gasteiger partial charge in [-0.1, -0.05) is 24.3 Å². The average Bonchev–Trinajstić information content (AvgIpc) is 2.38. The zero-order valence-electron chi connectivity index (χ0n) is 10.5. The number of nitrogens with zero attached hydrogens (tertiary/aromatic N) is 1. The van der Waals surface area contributed by atoms with Gasteiger partial charge in [-0.25, -0.2) is 0 Å². The van der Waals surface area contributed by atoms with Gasteiger partial charge in [0.25, 0.3) is 0 Å². The van der Waals surface area contributed by atoms with Crippen LogP contribution in [0.15, 0.2) is 42.5 Å². The van der Waals surface area contributed by atoms with Gasteiger partial charge < -0.3 is 9.64 Å². The molecular weight excluding hydrogens is 290 g/mol. The highest BCUT2D eigenvalue weighted by molar-refractivity contribution is 8.93. The fraction of sp³-hybridized carbons (Fsp3) is 0.200. The fourth-order valence-corrected chi connectivity index (χ4v) is 2.54. The molecule has 2 aromatic rings. The lowest BCUT2D eigenvalue weighted by Gasteiger charge is -2.30. The van der Waals surface area contributed by atoms with Crippen molar-refractivity contribution in [2.45, 2.75) is 6.42 Å².